The Hall–Kier alpha value is -1.00. The van der Waals surface area contributed by atoms with Crippen LogP contribution in [0.1, 0.15) is 29.0 Å². The summed E-state index contributed by atoms with van der Waals surface area (Å²) in [5.41, 5.74) is 0.889. The molecule has 0 saturated carbocycles. The quantitative estimate of drug-likeness (QED) is 0.790. The topological polar surface area (TPSA) is 42.7 Å². The normalized spacial score (nSPS) is 17.1. The predicted octanol–water partition coefficient (Wildman–Crippen LogP) is 2.45. The van der Waals surface area contributed by atoms with Crippen LogP contribution in [0.15, 0.2) is 16.7 Å². The van der Waals surface area contributed by atoms with Gasteiger partial charge in [0, 0.05) is 24.5 Å². The molecule has 1 aromatic rings. The van der Waals surface area contributed by atoms with Crippen molar-refractivity contribution in [3.63, 3.8) is 0 Å². The van der Waals surface area contributed by atoms with Crippen molar-refractivity contribution in [2.24, 2.45) is 0 Å². The third-order valence-corrected chi connectivity index (χ3v) is 3.37. The highest BCUT2D eigenvalue weighted by molar-refractivity contribution is 6.17. The fourth-order valence-corrected chi connectivity index (χ4v) is 2.26. The molecule has 0 radical (unpaired) electrons. The predicted molar refractivity (Wildman–Crippen MR) is 69.0 cm³/mol. The van der Waals surface area contributed by atoms with Gasteiger partial charge in [0.2, 0.25) is 0 Å². The molecule has 0 unspecified atom stereocenters. The van der Waals surface area contributed by atoms with Gasteiger partial charge in [-0.05, 0) is 25.8 Å². The van der Waals surface area contributed by atoms with Crippen LogP contribution in [0.4, 0.5) is 0 Å². The molecule has 5 heteroatoms. The Morgan fingerprint density at radius 2 is 2.28 bits per heavy atom. The first-order valence-corrected chi connectivity index (χ1v) is 6.76. The van der Waals surface area contributed by atoms with Gasteiger partial charge < -0.3 is 14.1 Å². The monoisotopic (exact) mass is 271 g/mol. The lowest BCUT2D eigenvalue weighted by molar-refractivity contribution is 0.0144. The molecule has 0 spiro atoms. The van der Waals surface area contributed by atoms with Crippen molar-refractivity contribution >= 4 is 17.5 Å². The van der Waals surface area contributed by atoms with E-state index in [0.29, 0.717) is 31.3 Å². The van der Waals surface area contributed by atoms with E-state index in [1.165, 1.54) is 0 Å². The summed E-state index contributed by atoms with van der Waals surface area (Å²) in [5, 5.41) is 0. The molecule has 1 fully saturated rings. The highest BCUT2D eigenvalue weighted by Crippen LogP contribution is 2.18. The minimum atomic E-state index is -0.0201. The van der Waals surface area contributed by atoms with E-state index in [1.807, 2.05) is 17.9 Å². The fraction of sp³-hybridized carbons (Fsp3) is 0.615. The summed E-state index contributed by atoms with van der Waals surface area (Å²) in [7, 11) is 0. The number of hydrogen-bond acceptors (Lipinski definition) is 3. The third kappa shape index (κ3) is 3.06. The Morgan fingerprint density at radius 3 is 2.83 bits per heavy atom. The SMILES string of the molecule is Cc1ccoc1C(=O)N1CCC(OCCCl)CC1. The Labute approximate surface area is 112 Å². The lowest BCUT2D eigenvalue weighted by Gasteiger charge is -2.31. The van der Waals surface area contributed by atoms with Crippen LogP contribution in [0.2, 0.25) is 0 Å². The minimum Gasteiger partial charge on any atom is -0.459 e. The summed E-state index contributed by atoms with van der Waals surface area (Å²) in [6.07, 6.45) is 3.51. The summed E-state index contributed by atoms with van der Waals surface area (Å²) >= 11 is 5.58. The minimum absolute atomic E-state index is 0.0201. The Kier molecular flexibility index (Phi) is 4.66. The fourth-order valence-electron chi connectivity index (χ4n) is 2.17. The summed E-state index contributed by atoms with van der Waals surface area (Å²) in [6, 6.07) is 1.81. The van der Waals surface area contributed by atoms with Crippen LogP contribution < -0.4 is 0 Å². The zero-order valence-electron chi connectivity index (χ0n) is 10.5. The molecule has 2 rings (SSSR count). The second kappa shape index (κ2) is 6.25. The summed E-state index contributed by atoms with van der Waals surface area (Å²) in [6.45, 7) is 3.89. The van der Waals surface area contributed by atoms with Gasteiger partial charge in [0.15, 0.2) is 5.76 Å². The van der Waals surface area contributed by atoms with Gasteiger partial charge in [-0.2, -0.15) is 0 Å². The number of alkyl halides is 1. The third-order valence-electron chi connectivity index (χ3n) is 3.22. The van der Waals surface area contributed by atoms with E-state index in [9.17, 15) is 4.79 Å². The van der Waals surface area contributed by atoms with E-state index >= 15 is 0 Å². The molecule has 1 aromatic heterocycles. The molecule has 0 aliphatic carbocycles. The number of ether oxygens (including phenoxy) is 1. The number of rotatable bonds is 4. The number of likely N-dealkylation sites (tertiary alicyclic amines) is 1. The van der Waals surface area contributed by atoms with Gasteiger partial charge in [-0.1, -0.05) is 0 Å². The average Bonchev–Trinajstić information content (AvgIpc) is 2.82. The lowest BCUT2D eigenvalue weighted by Crippen LogP contribution is -2.41. The summed E-state index contributed by atoms with van der Waals surface area (Å²) in [5.74, 6) is 0.952. The number of halogens is 1. The second-order valence-electron chi connectivity index (χ2n) is 4.48. The van der Waals surface area contributed by atoms with Crippen LogP contribution in [-0.4, -0.2) is 42.5 Å². The van der Waals surface area contributed by atoms with Gasteiger partial charge >= 0.3 is 0 Å². The molecule has 1 aliphatic heterocycles. The molecule has 4 nitrogen and oxygen atoms in total. The van der Waals surface area contributed by atoms with Crippen LogP contribution in [0, 0.1) is 6.92 Å². The smallest absolute Gasteiger partial charge is 0.289 e. The van der Waals surface area contributed by atoms with Crippen LogP contribution >= 0.6 is 11.6 Å². The highest BCUT2D eigenvalue weighted by Gasteiger charge is 2.26. The zero-order valence-corrected chi connectivity index (χ0v) is 11.3. The molecule has 0 N–H and O–H groups in total. The Balaban J connectivity index is 1.86. The summed E-state index contributed by atoms with van der Waals surface area (Å²) < 4.78 is 10.8. The van der Waals surface area contributed by atoms with Gasteiger partial charge in [-0.3, -0.25) is 4.79 Å². The van der Waals surface area contributed by atoms with Gasteiger partial charge in [-0.15, -0.1) is 11.6 Å². The van der Waals surface area contributed by atoms with E-state index in [2.05, 4.69) is 0 Å². The molecular formula is C13H18ClNO3. The van der Waals surface area contributed by atoms with Gasteiger partial charge in [0.1, 0.15) is 0 Å². The molecule has 0 atom stereocenters. The van der Waals surface area contributed by atoms with E-state index in [-0.39, 0.29) is 12.0 Å². The molecule has 0 aromatic carbocycles. The molecule has 100 valence electrons. The number of aryl methyl sites for hydroxylation is 1. The van der Waals surface area contributed by atoms with E-state index < -0.39 is 0 Å². The standard InChI is InChI=1S/C13H18ClNO3/c1-10-4-8-18-12(10)13(16)15-6-2-11(3-7-15)17-9-5-14/h4,8,11H,2-3,5-7,9H2,1H3. The molecule has 1 saturated heterocycles. The zero-order chi connectivity index (χ0) is 13.0. The number of amides is 1. The van der Waals surface area contributed by atoms with Gasteiger partial charge in [0.05, 0.1) is 19.0 Å². The number of carbonyl (C=O) groups is 1. The lowest BCUT2D eigenvalue weighted by atomic mass is 10.1. The Morgan fingerprint density at radius 1 is 1.56 bits per heavy atom. The van der Waals surface area contributed by atoms with Crippen LogP contribution in [-0.2, 0) is 4.74 Å². The van der Waals surface area contributed by atoms with Crippen molar-refractivity contribution in [2.75, 3.05) is 25.6 Å². The van der Waals surface area contributed by atoms with Crippen molar-refractivity contribution in [1.29, 1.82) is 0 Å². The second-order valence-corrected chi connectivity index (χ2v) is 4.86. The maximum Gasteiger partial charge on any atom is 0.289 e. The van der Waals surface area contributed by atoms with E-state index in [0.717, 1.165) is 18.4 Å². The first-order valence-electron chi connectivity index (χ1n) is 6.23. The van der Waals surface area contributed by atoms with E-state index in [1.54, 1.807) is 6.26 Å². The first kappa shape index (κ1) is 13.4. The number of piperidine rings is 1. The number of furan rings is 1. The number of carbonyl (C=O) groups excluding carboxylic acids is 1. The average molecular weight is 272 g/mol. The largest absolute Gasteiger partial charge is 0.459 e. The molecule has 0 bridgehead atoms. The van der Waals surface area contributed by atoms with Crippen LogP contribution in [0.5, 0.6) is 0 Å². The summed E-state index contributed by atoms with van der Waals surface area (Å²) in [4.78, 5) is 14.0. The molecule has 2 heterocycles. The van der Waals surface area contributed by atoms with Crippen LogP contribution in [0.25, 0.3) is 0 Å². The van der Waals surface area contributed by atoms with Gasteiger partial charge in [-0.25, -0.2) is 0 Å². The van der Waals surface area contributed by atoms with Crippen molar-refractivity contribution in [3.05, 3.63) is 23.7 Å². The molecule has 18 heavy (non-hydrogen) atoms. The number of nitrogens with zero attached hydrogens (tertiary/aromatic N) is 1. The van der Waals surface area contributed by atoms with Crippen LogP contribution in [0.3, 0.4) is 0 Å². The highest BCUT2D eigenvalue weighted by atomic mass is 35.5. The van der Waals surface area contributed by atoms with E-state index in [4.69, 9.17) is 20.8 Å². The van der Waals surface area contributed by atoms with Crippen molar-refractivity contribution in [2.45, 2.75) is 25.9 Å². The molecule has 1 aliphatic rings. The van der Waals surface area contributed by atoms with Gasteiger partial charge in [0.25, 0.3) is 5.91 Å². The molecule has 1 amide bonds. The molecular weight excluding hydrogens is 254 g/mol. The Bertz CT molecular complexity index is 397. The number of hydrogen-bond donors (Lipinski definition) is 0. The van der Waals surface area contributed by atoms with Crippen molar-refractivity contribution < 1.29 is 13.9 Å². The maximum atomic E-state index is 12.2. The maximum absolute atomic E-state index is 12.2. The first-order chi connectivity index (χ1) is 8.72. The van der Waals surface area contributed by atoms with Crippen molar-refractivity contribution in [1.82, 2.24) is 4.90 Å². The van der Waals surface area contributed by atoms with Crippen molar-refractivity contribution in [3.8, 4) is 0 Å².